The maximum Gasteiger partial charge on any atom is 0.303 e. The maximum atomic E-state index is 12.7. The number of amides is 1. The summed E-state index contributed by atoms with van der Waals surface area (Å²) in [5, 5.41) is 11.9. The van der Waals surface area contributed by atoms with E-state index in [2.05, 4.69) is 10.3 Å². The SMILES string of the molecule is O=C(O)CCC(CC1CCCCC1)NC(=O)c1ccc(-c2ccco2)[nH]c1=O. The fourth-order valence-corrected chi connectivity index (χ4v) is 3.86. The number of nitrogens with one attached hydrogen (secondary N) is 2. The van der Waals surface area contributed by atoms with Crippen LogP contribution in [0.3, 0.4) is 0 Å². The Kier molecular flexibility index (Phi) is 6.68. The van der Waals surface area contributed by atoms with Crippen molar-refractivity contribution in [2.45, 2.75) is 57.4 Å². The summed E-state index contributed by atoms with van der Waals surface area (Å²) in [6, 6.07) is 6.28. The zero-order chi connectivity index (χ0) is 19.9. The Morgan fingerprint density at radius 1 is 1.21 bits per heavy atom. The van der Waals surface area contributed by atoms with Gasteiger partial charge in [-0.1, -0.05) is 32.1 Å². The number of pyridine rings is 1. The quantitative estimate of drug-likeness (QED) is 0.642. The summed E-state index contributed by atoms with van der Waals surface area (Å²) in [5.74, 6) is -0.352. The Morgan fingerprint density at radius 3 is 2.64 bits per heavy atom. The molecule has 0 aromatic carbocycles. The molecule has 0 spiro atoms. The number of carbonyl (C=O) groups is 2. The van der Waals surface area contributed by atoms with E-state index in [1.165, 1.54) is 31.6 Å². The Hall–Kier alpha value is -2.83. The van der Waals surface area contributed by atoms with Crippen LogP contribution in [0.1, 0.15) is 61.7 Å². The minimum Gasteiger partial charge on any atom is -0.481 e. The summed E-state index contributed by atoms with van der Waals surface area (Å²) >= 11 is 0. The van der Waals surface area contributed by atoms with E-state index < -0.39 is 17.4 Å². The van der Waals surface area contributed by atoms with Gasteiger partial charge in [0, 0.05) is 12.5 Å². The van der Waals surface area contributed by atoms with Gasteiger partial charge in [-0.25, -0.2) is 0 Å². The second kappa shape index (κ2) is 9.39. The van der Waals surface area contributed by atoms with Gasteiger partial charge in [-0.3, -0.25) is 14.4 Å². The van der Waals surface area contributed by atoms with Crippen molar-refractivity contribution < 1.29 is 19.1 Å². The molecule has 7 nitrogen and oxygen atoms in total. The summed E-state index contributed by atoms with van der Waals surface area (Å²) in [6.45, 7) is 0. The molecule has 1 unspecified atom stereocenters. The molecule has 0 aliphatic heterocycles. The molecule has 2 aromatic rings. The Bertz CT molecular complexity index is 850. The smallest absolute Gasteiger partial charge is 0.303 e. The molecule has 0 bridgehead atoms. The number of furan rings is 1. The maximum absolute atomic E-state index is 12.7. The van der Waals surface area contributed by atoms with Crippen LogP contribution >= 0.6 is 0 Å². The zero-order valence-corrected chi connectivity index (χ0v) is 15.8. The molecule has 2 aromatic heterocycles. The number of aliphatic carboxylic acids is 1. The van der Waals surface area contributed by atoms with Gasteiger partial charge in [0.25, 0.3) is 11.5 Å². The van der Waals surface area contributed by atoms with Crippen molar-refractivity contribution >= 4 is 11.9 Å². The number of H-pyrrole nitrogens is 1. The van der Waals surface area contributed by atoms with E-state index in [-0.39, 0.29) is 18.0 Å². The van der Waals surface area contributed by atoms with Crippen molar-refractivity contribution in [1.82, 2.24) is 10.3 Å². The highest BCUT2D eigenvalue weighted by molar-refractivity contribution is 5.94. The van der Waals surface area contributed by atoms with Gasteiger partial charge < -0.3 is 19.8 Å². The van der Waals surface area contributed by atoms with Crippen LogP contribution in [0.5, 0.6) is 0 Å². The minimum atomic E-state index is -0.886. The molecule has 1 amide bonds. The van der Waals surface area contributed by atoms with Gasteiger partial charge in [0.1, 0.15) is 11.3 Å². The van der Waals surface area contributed by atoms with Gasteiger partial charge in [0.05, 0.1) is 12.0 Å². The fourth-order valence-electron chi connectivity index (χ4n) is 3.86. The largest absolute Gasteiger partial charge is 0.481 e. The Morgan fingerprint density at radius 2 is 2.00 bits per heavy atom. The van der Waals surface area contributed by atoms with Crippen LogP contribution in [0.2, 0.25) is 0 Å². The summed E-state index contributed by atoms with van der Waals surface area (Å²) in [7, 11) is 0. The lowest BCUT2D eigenvalue weighted by Crippen LogP contribution is -2.39. The van der Waals surface area contributed by atoms with Gasteiger partial charge in [-0.05, 0) is 43.0 Å². The number of aromatic nitrogens is 1. The van der Waals surface area contributed by atoms with Gasteiger partial charge in [0.15, 0.2) is 0 Å². The molecule has 7 heteroatoms. The first-order chi connectivity index (χ1) is 13.5. The van der Waals surface area contributed by atoms with E-state index in [9.17, 15) is 14.4 Å². The van der Waals surface area contributed by atoms with Gasteiger partial charge >= 0.3 is 5.97 Å². The standard InChI is InChI=1S/C21H26N2O5/c24-19(25)11-8-15(13-14-5-2-1-3-6-14)22-20(26)16-9-10-17(23-21(16)27)18-7-4-12-28-18/h4,7,9-10,12,14-15H,1-3,5-6,8,11,13H2,(H,22,26)(H,23,27)(H,24,25). The molecule has 28 heavy (non-hydrogen) atoms. The molecule has 3 N–H and O–H groups in total. The molecule has 150 valence electrons. The molecule has 1 saturated carbocycles. The average Bonchev–Trinajstić information content (AvgIpc) is 3.21. The van der Waals surface area contributed by atoms with Gasteiger partial charge in [-0.15, -0.1) is 0 Å². The minimum absolute atomic E-state index is 0.00848. The highest BCUT2D eigenvalue weighted by Gasteiger charge is 2.22. The average molecular weight is 386 g/mol. The predicted molar refractivity (Wildman–Crippen MR) is 104 cm³/mol. The fraction of sp³-hybridized carbons (Fsp3) is 0.476. The number of carboxylic acid groups (broad SMARTS) is 1. The van der Waals surface area contributed by atoms with Crippen molar-refractivity contribution in [3.63, 3.8) is 0 Å². The third-order valence-corrected chi connectivity index (χ3v) is 5.33. The van der Waals surface area contributed by atoms with E-state index in [1.54, 1.807) is 18.2 Å². The lowest BCUT2D eigenvalue weighted by Gasteiger charge is -2.27. The van der Waals surface area contributed by atoms with Crippen LogP contribution in [0.25, 0.3) is 11.5 Å². The van der Waals surface area contributed by atoms with Crippen LogP contribution in [0.15, 0.2) is 39.7 Å². The molecule has 3 rings (SSSR count). The summed E-state index contributed by atoms with van der Waals surface area (Å²) in [6.07, 6.45) is 8.42. The topological polar surface area (TPSA) is 112 Å². The van der Waals surface area contributed by atoms with Crippen molar-refractivity contribution in [2.24, 2.45) is 5.92 Å². The van der Waals surface area contributed by atoms with Crippen molar-refractivity contribution in [3.8, 4) is 11.5 Å². The number of hydrogen-bond donors (Lipinski definition) is 3. The zero-order valence-electron chi connectivity index (χ0n) is 15.8. The van der Waals surface area contributed by atoms with E-state index in [4.69, 9.17) is 9.52 Å². The Balaban J connectivity index is 1.69. The number of rotatable bonds is 8. The summed E-state index contributed by atoms with van der Waals surface area (Å²) in [5.41, 5.74) is 0.0107. The monoisotopic (exact) mass is 386 g/mol. The van der Waals surface area contributed by atoms with Crippen LogP contribution in [-0.2, 0) is 4.79 Å². The summed E-state index contributed by atoms with van der Waals surface area (Å²) < 4.78 is 5.25. The van der Waals surface area contributed by atoms with Gasteiger partial charge in [-0.2, -0.15) is 0 Å². The van der Waals surface area contributed by atoms with Crippen molar-refractivity contribution in [2.75, 3.05) is 0 Å². The highest BCUT2D eigenvalue weighted by atomic mass is 16.4. The third-order valence-electron chi connectivity index (χ3n) is 5.33. The molecule has 1 aliphatic carbocycles. The number of hydrogen-bond acceptors (Lipinski definition) is 4. The van der Waals surface area contributed by atoms with E-state index in [1.807, 2.05) is 0 Å². The molecule has 1 aliphatic rings. The van der Waals surface area contributed by atoms with E-state index in [0.29, 0.717) is 23.8 Å². The first-order valence-corrected chi connectivity index (χ1v) is 9.83. The van der Waals surface area contributed by atoms with Crippen molar-refractivity contribution in [1.29, 1.82) is 0 Å². The van der Waals surface area contributed by atoms with Crippen LogP contribution in [-0.4, -0.2) is 28.0 Å². The van der Waals surface area contributed by atoms with E-state index >= 15 is 0 Å². The molecule has 0 saturated heterocycles. The van der Waals surface area contributed by atoms with Crippen LogP contribution in [0, 0.1) is 5.92 Å². The molecule has 0 radical (unpaired) electrons. The normalized spacial score (nSPS) is 15.9. The third kappa shape index (κ3) is 5.34. The number of aromatic amines is 1. The lowest BCUT2D eigenvalue weighted by atomic mass is 9.84. The van der Waals surface area contributed by atoms with Crippen molar-refractivity contribution in [3.05, 3.63) is 46.4 Å². The number of carbonyl (C=O) groups excluding carboxylic acids is 1. The molecule has 1 fully saturated rings. The molecular formula is C21H26N2O5. The first-order valence-electron chi connectivity index (χ1n) is 9.83. The summed E-state index contributed by atoms with van der Waals surface area (Å²) in [4.78, 5) is 38.7. The second-order valence-electron chi connectivity index (χ2n) is 7.43. The molecule has 2 heterocycles. The lowest BCUT2D eigenvalue weighted by molar-refractivity contribution is -0.137. The van der Waals surface area contributed by atoms with Crippen LogP contribution in [0.4, 0.5) is 0 Å². The van der Waals surface area contributed by atoms with E-state index in [0.717, 1.165) is 19.3 Å². The Labute approximate surface area is 163 Å². The molecule has 1 atom stereocenters. The number of carboxylic acids is 1. The predicted octanol–water partition coefficient (Wildman–Crippen LogP) is 3.57. The highest BCUT2D eigenvalue weighted by Crippen LogP contribution is 2.28. The first kappa shape index (κ1) is 19.9. The van der Waals surface area contributed by atoms with Gasteiger partial charge in [0.2, 0.25) is 0 Å². The molecular weight excluding hydrogens is 360 g/mol. The second-order valence-corrected chi connectivity index (χ2v) is 7.43. The van der Waals surface area contributed by atoms with Crippen LogP contribution < -0.4 is 10.9 Å².